The average molecular weight is 470 g/mol. The summed E-state index contributed by atoms with van der Waals surface area (Å²) in [6.07, 6.45) is 3.35. The molecule has 10 heteroatoms. The molecule has 2 heterocycles. The summed E-state index contributed by atoms with van der Waals surface area (Å²) in [6.45, 7) is 3.07. The number of rotatable bonds is 7. The normalized spacial score (nSPS) is 14.1. The van der Waals surface area contributed by atoms with Gasteiger partial charge in [-0.3, -0.25) is 19.1 Å². The van der Waals surface area contributed by atoms with Crippen molar-refractivity contribution in [2.45, 2.75) is 5.16 Å². The number of benzene rings is 2. The Hall–Kier alpha value is -3.21. The quantitative estimate of drug-likeness (QED) is 0.517. The largest absolute Gasteiger partial charge is 0.379 e. The molecule has 1 fully saturated rings. The fraction of sp³-hybridized carbons (Fsp3) is 0.261. The second-order valence-corrected chi connectivity index (χ2v) is 8.18. The minimum Gasteiger partial charge on any atom is -0.379 e. The number of imidazole rings is 1. The first-order chi connectivity index (χ1) is 16.0. The number of nitrogens with one attached hydrogen (secondary N) is 2. The zero-order chi connectivity index (χ0) is 23.2. The van der Waals surface area contributed by atoms with Crippen molar-refractivity contribution in [1.82, 2.24) is 14.5 Å². The van der Waals surface area contributed by atoms with E-state index in [0.717, 1.165) is 13.1 Å². The number of nitrogens with zero attached hydrogens (tertiary/aromatic N) is 3. The lowest BCUT2D eigenvalue weighted by molar-refractivity contribution is -0.118. The molecule has 0 bridgehead atoms. The Morgan fingerprint density at radius 1 is 1.03 bits per heavy atom. The number of ether oxygens (including phenoxy) is 1. The molecule has 0 aliphatic carbocycles. The van der Waals surface area contributed by atoms with E-state index in [1.165, 1.54) is 30.1 Å². The van der Waals surface area contributed by atoms with E-state index in [4.69, 9.17) is 4.74 Å². The van der Waals surface area contributed by atoms with Gasteiger partial charge in [-0.25, -0.2) is 9.37 Å². The topological polar surface area (TPSA) is 88.5 Å². The Bertz CT molecular complexity index is 1110. The summed E-state index contributed by atoms with van der Waals surface area (Å²) in [7, 11) is 0. The number of hydrogen-bond donors (Lipinski definition) is 2. The van der Waals surface area contributed by atoms with Crippen LogP contribution in [-0.2, 0) is 9.53 Å². The van der Waals surface area contributed by atoms with Crippen molar-refractivity contribution in [2.75, 3.05) is 49.7 Å². The maximum absolute atomic E-state index is 13.3. The molecular formula is C23H24FN5O3S. The molecule has 2 amide bonds. The van der Waals surface area contributed by atoms with Crippen molar-refractivity contribution < 1.29 is 18.7 Å². The number of amides is 2. The minimum atomic E-state index is -0.354. The van der Waals surface area contributed by atoms with Crippen LogP contribution in [0.15, 0.2) is 59.9 Å². The van der Waals surface area contributed by atoms with Gasteiger partial charge in [0, 0.05) is 30.2 Å². The molecule has 8 nitrogen and oxygen atoms in total. The maximum atomic E-state index is 13.3. The first-order valence-corrected chi connectivity index (χ1v) is 11.6. The molecular weight excluding hydrogens is 445 g/mol. The van der Waals surface area contributed by atoms with Gasteiger partial charge in [-0.15, -0.1) is 0 Å². The maximum Gasteiger partial charge on any atom is 0.274 e. The molecule has 0 saturated carbocycles. The van der Waals surface area contributed by atoms with Crippen molar-refractivity contribution >= 4 is 35.0 Å². The van der Waals surface area contributed by atoms with Gasteiger partial charge in [0.25, 0.3) is 5.91 Å². The third kappa shape index (κ3) is 5.78. The molecule has 1 aromatic heterocycles. The third-order valence-electron chi connectivity index (χ3n) is 5.13. The summed E-state index contributed by atoms with van der Waals surface area (Å²) in [5.74, 6) is -0.801. The molecule has 1 aliphatic heterocycles. The molecule has 0 radical (unpaired) electrons. The highest BCUT2D eigenvalue weighted by Crippen LogP contribution is 2.23. The van der Waals surface area contributed by atoms with Gasteiger partial charge < -0.3 is 15.4 Å². The van der Waals surface area contributed by atoms with Crippen molar-refractivity contribution in [1.29, 1.82) is 0 Å². The summed E-state index contributed by atoms with van der Waals surface area (Å²) in [6, 6.07) is 12.8. The molecule has 0 unspecified atom stereocenters. The SMILES string of the molecule is CSc1ncc(C(=O)Nc2ccc(NC(=O)CN3CCOCC3)cc2)n1-c1ccc(F)cc1. The fourth-order valence-corrected chi connectivity index (χ4v) is 4.02. The number of thioether (sulfide) groups is 1. The molecule has 2 aromatic carbocycles. The Balaban J connectivity index is 1.41. The van der Waals surface area contributed by atoms with Gasteiger partial charge in [0.1, 0.15) is 11.5 Å². The lowest BCUT2D eigenvalue weighted by atomic mass is 10.2. The molecule has 172 valence electrons. The van der Waals surface area contributed by atoms with Crippen LogP contribution >= 0.6 is 11.8 Å². The van der Waals surface area contributed by atoms with E-state index in [-0.39, 0.29) is 17.6 Å². The van der Waals surface area contributed by atoms with Gasteiger partial charge in [0.15, 0.2) is 5.16 Å². The van der Waals surface area contributed by atoms with Gasteiger partial charge in [-0.05, 0) is 54.8 Å². The van der Waals surface area contributed by atoms with Crippen molar-refractivity contribution in [3.05, 3.63) is 66.2 Å². The Morgan fingerprint density at radius 3 is 2.30 bits per heavy atom. The predicted octanol–water partition coefficient (Wildman–Crippen LogP) is 3.26. The zero-order valence-corrected chi connectivity index (χ0v) is 18.9. The van der Waals surface area contributed by atoms with E-state index in [1.54, 1.807) is 41.0 Å². The molecule has 0 spiro atoms. The van der Waals surface area contributed by atoms with Crippen LogP contribution in [-0.4, -0.2) is 65.4 Å². The first kappa shape index (κ1) is 23.0. The molecule has 4 rings (SSSR count). The number of hydrogen-bond acceptors (Lipinski definition) is 6. The Labute approximate surface area is 195 Å². The number of aromatic nitrogens is 2. The average Bonchev–Trinajstić information content (AvgIpc) is 3.26. The third-order valence-corrected chi connectivity index (χ3v) is 5.78. The Morgan fingerprint density at radius 2 is 1.67 bits per heavy atom. The molecule has 2 N–H and O–H groups in total. The van der Waals surface area contributed by atoms with Gasteiger partial charge >= 0.3 is 0 Å². The molecule has 1 saturated heterocycles. The smallest absolute Gasteiger partial charge is 0.274 e. The summed E-state index contributed by atoms with van der Waals surface area (Å²) in [5.41, 5.74) is 2.19. The molecule has 0 atom stereocenters. The second kappa shape index (κ2) is 10.6. The van der Waals surface area contributed by atoms with Gasteiger partial charge in [-0.2, -0.15) is 0 Å². The van der Waals surface area contributed by atoms with Crippen LogP contribution in [0.2, 0.25) is 0 Å². The second-order valence-electron chi connectivity index (χ2n) is 7.41. The highest BCUT2D eigenvalue weighted by molar-refractivity contribution is 7.98. The zero-order valence-electron chi connectivity index (χ0n) is 18.1. The van der Waals surface area contributed by atoms with Crippen molar-refractivity contribution in [2.24, 2.45) is 0 Å². The lowest BCUT2D eigenvalue weighted by Crippen LogP contribution is -2.41. The Kier molecular flexibility index (Phi) is 7.38. The number of morpholine rings is 1. The molecule has 3 aromatic rings. The van der Waals surface area contributed by atoms with Crippen LogP contribution in [0.5, 0.6) is 0 Å². The fourth-order valence-electron chi connectivity index (χ4n) is 3.47. The summed E-state index contributed by atoms with van der Waals surface area (Å²) in [5, 5.41) is 6.33. The van der Waals surface area contributed by atoms with E-state index in [2.05, 4.69) is 15.6 Å². The van der Waals surface area contributed by atoms with Crippen LogP contribution in [0.25, 0.3) is 5.69 Å². The van der Waals surface area contributed by atoms with Crippen molar-refractivity contribution in [3.63, 3.8) is 0 Å². The van der Waals surface area contributed by atoms with E-state index in [0.29, 0.717) is 47.7 Å². The molecule has 1 aliphatic rings. The summed E-state index contributed by atoms with van der Waals surface area (Å²) >= 11 is 1.39. The minimum absolute atomic E-state index is 0.0959. The monoisotopic (exact) mass is 469 g/mol. The van der Waals surface area contributed by atoms with E-state index < -0.39 is 0 Å². The highest BCUT2D eigenvalue weighted by atomic mass is 32.2. The highest BCUT2D eigenvalue weighted by Gasteiger charge is 2.18. The van der Waals surface area contributed by atoms with E-state index in [1.807, 2.05) is 11.2 Å². The summed E-state index contributed by atoms with van der Waals surface area (Å²) < 4.78 is 20.3. The predicted molar refractivity (Wildman–Crippen MR) is 126 cm³/mol. The van der Waals surface area contributed by atoms with Crippen LogP contribution in [0.3, 0.4) is 0 Å². The number of halogens is 1. The van der Waals surface area contributed by atoms with Crippen LogP contribution in [0.1, 0.15) is 10.5 Å². The van der Waals surface area contributed by atoms with Gasteiger partial charge in [0.05, 0.1) is 26.0 Å². The standard InChI is InChI=1S/C23H24FN5O3S/c1-33-23-25-14-20(29(23)19-8-2-16(24)3-9-19)22(31)27-18-6-4-17(5-7-18)26-21(30)15-28-10-12-32-13-11-28/h2-9,14H,10-13,15H2,1H3,(H,26,30)(H,27,31). The van der Waals surface area contributed by atoms with Gasteiger partial charge in [-0.1, -0.05) is 11.8 Å². The number of anilines is 2. The van der Waals surface area contributed by atoms with Crippen molar-refractivity contribution in [3.8, 4) is 5.69 Å². The van der Waals surface area contributed by atoms with E-state index >= 15 is 0 Å². The van der Waals surface area contributed by atoms with Crippen LogP contribution in [0.4, 0.5) is 15.8 Å². The molecule has 33 heavy (non-hydrogen) atoms. The number of carbonyl (C=O) groups excluding carboxylic acids is 2. The van der Waals surface area contributed by atoms with Crippen LogP contribution in [0, 0.1) is 5.82 Å². The van der Waals surface area contributed by atoms with Crippen LogP contribution < -0.4 is 10.6 Å². The number of carbonyl (C=O) groups is 2. The summed E-state index contributed by atoms with van der Waals surface area (Å²) in [4.78, 5) is 31.5. The lowest BCUT2D eigenvalue weighted by Gasteiger charge is -2.25. The van der Waals surface area contributed by atoms with Gasteiger partial charge in [0.2, 0.25) is 5.91 Å². The first-order valence-electron chi connectivity index (χ1n) is 10.4. The van der Waals surface area contributed by atoms with E-state index in [9.17, 15) is 14.0 Å².